The molecule has 0 atom stereocenters. The molecule has 25 heavy (non-hydrogen) atoms. The van der Waals surface area contributed by atoms with Gasteiger partial charge in [-0.25, -0.2) is 0 Å². The number of amides is 3. The largest absolute Gasteiger partial charge is 0.456 e. The first kappa shape index (κ1) is 17.0. The molecule has 0 aliphatic carbocycles. The summed E-state index contributed by atoms with van der Waals surface area (Å²) in [6.45, 7) is 1.99. The molecular weight excluding hydrogens is 342 g/mol. The minimum atomic E-state index is -0.383. The number of aryl methyl sites for hydroxylation is 1. The summed E-state index contributed by atoms with van der Waals surface area (Å²) in [6.07, 6.45) is 4.87. The van der Waals surface area contributed by atoms with E-state index in [-0.39, 0.29) is 35.9 Å². The van der Waals surface area contributed by atoms with Gasteiger partial charge < -0.3 is 9.73 Å². The number of hydrogen-bond acceptors (Lipinski definition) is 6. The molecule has 0 unspecified atom stereocenters. The summed E-state index contributed by atoms with van der Waals surface area (Å²) in [5, 5.41) is 2.27. The van der Waals surface area contributed by atoms with Crippen LogP contribution in [0.2, 0.25) is 0 Å². The summed E-state index contributed by atoms with van der Waals surface area (Å²) in [5.41, 5.74) is 0.745. The fourth-order valence-electron chi connectivity index (χ4n) is 2.23. The van der Waals surface area contributed by atoms with Crippen molar-refractivity contribution >= 4 is 34.9 Å². The highest BCUT2D eigenvalue weighted by Crippen LogP contribution is 2.31. The molecular formula is C17H15N3O4S. The maximum absolute atomic E-state index is 12.3. The molecule has 0 spiro atoms. The van der Waals surface area contributed by atoms with Gasteiger partial charge in [0.25, 0.3) is 17.1 Å². The molecule has 1 fully saturated rings. The van der Waals surface area contributed by atoms with Gasteiger partial charge >= 0.3 is 0 Å². The molecule has 7 nitrogen and oxygen atoms in total. The van der Waals surface area contributed by atoms with Gasteiger partial charge in [0.2, 0.25) is 0 Å². The molecule has 1 N–H and O–H groups in total. The molecule has 2 aromatic heterocycles. The highest BCUT2D eigenvalue weighted by Gasteiger charge is 2.34. The number of nitrogens with zero attached hydrogens (tertiary/aromatic N) is 2. The van der Waals surface area contributed by atoms with Crippen LogP contribution in [0.1, 0.15) is 21.9 Å². The lowest BCUT2D eigenvalue weighted by atomic mass is 10.2. The number of pyridine rings is 1. The van der Waals surface area contributed by atoms with Crippen LogP contribution in [0.3, 0.4) is 0 Å². The molecule has 0 radical (unpaired) electrons. The second-order valence-corrected chi connectivity index (χ2v) is 6.28. The van der Waals surface area contributed by atoms with Crippen LogP contribution in [0.25, 0.3) is 6.08 Å². The van der Waals surface area contributed by atoms with E-state index in [1.807, 2.05) is 0 Å². The summed E-state index contributed by atoms with van der Waals surface area (Å²) in [5.74, 6) is 0.0765. The van der Waals surface area contributed by atoms with E-state index in [9.17, 15) is 14.4 Å². The lowest BCUT2D eigenvalue weighted by molar-refractivity contribution is -0.122. The average Bonchev–Trinajstić information content (AvgIpc) is 3.14. The van der Waals surface area contributed by atoms with Gasteiger partial charge in [0, 0.05) is 25.5 Å². The Labute approximate surface area is 148 Å². The Morgan fingerprint density at radius 1 is 1.36 bits per heavy atom. The number of carbonyl (C=O) groups is 3. The third kappa shape index (κ3) is 3.97. The van der Waals surface area contributed by atoms with Crippen LogP contribution in [0.15, 0.2) is 46.0 Å². The summed E-state index contributed by atoms with van der Waals surface area (Å²) >= 11 is 0.875. The number of nitrogens with one attached hydrogen (secondary N) is 1. The average molecular weight is 357 g/mol. The van der Waals surface area contributed by atoms with Gasteiger partial charge in [0.1, 0.15) is 5.76 Å². The van der Waals surface area contributed by atoms with Crippen LogP contribution in [0.4, 0.5) is 4.79 Å². The third-order valence-electron chi connectivity index (χ3n) is 3.44. The molecule has 1 aliphatic heterocycles. The molecule has 8 heteroatoms. The van der Waals surface area contributed by atoms with Gasteiger partial charge in [-0.3, -0.25) is 24.3 Å². The first-order valence-corrected chi connectivity index (χ1v) is 8.36. The van der Waals surface area contributed by atoms with Gasteiger partial charge in [-0.15, -0.1) is 0 Å². The third-order valence-corrected chi connectivity index (χ3v) is 4.35. The highest BCUT2D eigenvalue weighted by atomic mass is 32.2. The first-order chi connectivity index (χ1) is 12.0. The van der Waals surface area contributed by atoms with E-state index in [2.05, 4.69) is 10.3 Å². The SMILES string of the molecule is Cc1ccc(C(=O)NCCN2C(=O)S/C(=C\c3cccnc3)C2=O)o1. The fraction of sp³-hybridized carbons (Fsp3) is 0.176. The van der Waals surface area contributed by atoms with Crippen LogP contribution in [-0.2, 0) is 4.79 Å². The Balaban J connectivity index is 1.58. The minimum Gasteiger partial charge on any atom is -0.456 e. The van der Waals surface area contributed by atoms with E-state index in [1.54, 1.807) is 49.7 Å². The lowest BCUT2D eigenvalue weighted by Gasteiger charge is -2.12. The Bertz CT molecular complexity index is 845. The predicted molar refractivity (Wildman–Crippen MR) is 92.7 cm³/mol. The van der Waals surface area contributed by atoms with Crippen molar-refractivity contribution in [1.29, 1.82) is 0 Å². The van der Waals surface area contributed by atoms with Crippen LogP contribution in [0, 0.1) is 6.92 Å². The van der Waals surface area contributed by atoms with E-state index >= 15 is 0 Å². The molecule has 1 aliphatic rings. The molecule has 3 amide bonds. The molecule has 3 heterocycles. The van der Waals surface area contributed by atoms with Crippen LogP contribution in [-0.4, -0.2) is 40.0 Å². The zero-order chi connectivity index (χ0) is 17.8. The van der Waals surface area contributed by atoms with Gasteiger partial charge in [0.05, 0.1) is 4.91 Å². The normalized spacial score (nSPS) is 15.9. The number of rotatable bonds is 5. The maximum atomic E-state index is 12.3. The van der Waals surface area contributed by atoms with Crippen molar-refractivity contribution in [2.75, 3.05) is 13.1 Å². The van der Waals surface area contributed by atoms with Gasteiger partial charge in [0.15, 0.2) is 5.76 Å². The monoisotopic (exact) mass is 357 g/mol. The number of thioether (sulfide) groups is 1. The van der Waals surface area contributed by atoms with E-state index in [1.165, 1.54) is 0 Å². The number of carbonyl (C=O) groups excluding carboxylic acids is 3. The summed E-state index contributed by atoms with van der Waals surface area (Å²) in [4.78, 5) is 41.7. The summed E-state index contributed by atoms with van der Waals surface area (Å²) < 4.78 is 5.21. The van der Waals surface area contributed by atoms with E-state index in [0.29, 0.717) is 10.7 Å². The van der Waals surface area contributed by atoms with Crippen molar-refractivity contribution < 1.29 is 18.8 Å². The Morgan fingerprint density at radius 2 is 2.20 bits per heavy atom. The van der Waals surface area contributed by atoms with Gasteiger partial charge in [-0.05, 0) is 48.5 Å². The zero-order valence-electron chi connectivity index (χ0n) is 13.4. The molecule has 3 rings (SSSR count). The van der Waals surface area contributed by atoms with Crippen molar-refractivity contribution in [3.63, 3.8) is 0 Å². The van der Waals surface area contributed by atoms with Crippen molar-refractivity contribution in [2.24, 2.45) is 0 Å². The second-order valence-electron chi connectivity index (χ2n) is 5.29. The van der Waals surface area contributed by atoms with Crippen molar-refractivity contribution in [3.8, 4) is 0 Å². The Hall–Kier alpha value is -2.87. The second kappa shape index (κ2) is 7.35. The zero-order valence-corrected chi connectivity index (χ0v) is 14.2. The number of imide groups is 1. The minimum absolute atomic E-state index is 0.0977. The van der Waals surface area contributed by atoms with E-state index in [4.69, 9.17) is 4.42 Å². The van der Waals surface area contributed by atoms with E-state index < -0.39 is 0 Å². The lowest BCUT2D eigenvalue weighted by Crippen LogP contribution is -2.37. The summed E-state index contributed by atoms with van der Waals surface area (Å²) in [6, 6.07) is 6.81. The molecule has 0 aromatic carbocycles. The van der Waals surface area contributed by atoms with Crippen LogP contribution >= 0.6 is 11.8 Å². The van der Waals surface area contributed by atoms with Gasteiger partial charge in [-0.2, -0.15) is 0 Å². The van der Waals surface area contributed by atoms with Crippen LogP contribution in [0.5, 0.6) is 0 Å². The number of aromatic nitrogens is 1. The van der Waals surface area contributed by atoms with Crippen LogP contribution < -0.4 is 5.32 Å². The molecule has 0 saturated carbocycles. The highest BCUT2D eigenvalue weighted by molar-refractivity contribution is 8.18. The Morgan fingerprint density at radius 3 is 2.88 bits per heavy atom. The van der Waals surface area contributed by atoms with Crippen molar-refractivity contribution in [3.05, 3.63) is 58.6 Å². The molecule has 128 valence electrons. The summed E-state index contributed by atoms with van der Waals surface area (Å²) in [7, 11) is 0. The van der Waals surface area contributed by atoms with E-state index in [0.717, 1.165) is 22.2 Å². The predicted octanol–water partition coefficient (Wildman–Crippen LogP) is 2.45. The Kier molecular flexibility index (Phi) is 4.99. The molecule has 2 aromatic rings. The number of furan rings is 1. The van der Waals surface area contributed by atoms with Crippen molar-refractivity contribution in [1.82, 2.24) is 15.2 Å². The smallest absolute Gasteiger partial charge is 0.293 e. The first-order valence-electron chi connectivity index (χ1n) is 7.54. The standard InChI is InChI=1S/C17H15N3O4S/c1-11-4-5-13(24-11)15(21)19-7-8-20-16(22)14(25-17(20)23)9-12-3-2-6-18-10-12/h2-6,9-10H,7-8H2,1H3,(H,19,21)/b14-9-. The topological polar surface area (TPSA) is 92.5 Å². The molecule has 0 bridgehead atoms. The van der Waals surface area contributed by atoms with Crippen molar-refractivity contribution in [2.45, 2.75) is 6.92 Å². The van der Waals surface area contributed by atoms with Gasteiger partial charge in [-0.1, -0.05) is 6.07 Å². The quantitative estimate of drug-likeness (QED) is 0.826. The maximum Gasteiger partial charge on any atom is 0.293 e. The number of hydrogen-bond donors (Lipinski definition) is 1. The molecule has 1 saturated heterocycles. The fourth-order valence-corrected chi connectivity index (χ4v) is 3.10.